The molecule has 0 radical (unpaired) electrons. The van der Waals surface area contributed by atoms with Crippen LogP contribution >= 0.6 is 0 Å². The average molecular weight is 427 g/mol. The lowest BCUT2D eigenvalue weighted by Crippen LogP contribution is -2.22. The molecule has 0 fully saturated rings. The first-order chi connectivity index (χ1) is 14.7. The van der Waals surface area contributed by atoms with Gasteiger partial charge in [0.25, 0.3) is 5.91 Å². The predicted octanol–water partition coefficient (Wildman–Crippen LogP) is 5.30. The first-order valence-electron chi connectivity index (χ1n) is 10.4. The van der Waals surface area contributed by atoms with E-state index in [9.17, 15) is 14.4 Å². The maximum atomic E-state index is 12.5. The maximum Gasteiger partial charge on any atom is 0.411 e. The number of ether oxygens (including phenoxy) is 2. The van der Waals surface area contributed by atoms with Crippen LogP contribution in [-0.2, 0) is 14.3 Å². The molecule has 2 amide bonds. The van der Waals surface area contributed by atoms with Gasteiger partial charge in [0.15, 0.2) is 6.61 Å². The van der Waals surface area contributed by atoms with E-state index in [0.29, 0.717) is 5.69 Å². The Kier molecular flexibility index (Phi) is 8.61. The molecule has 0 heterocycles. The molecule has 0 saturated carbocycles. The van der Waals surface area contributed by atoms with Gasteiger partial charge in [0.2, 0.25) is 0 Å². The first-order valence-corrected chi connectivity index (χ1v) is 10.4. The summed E-state index contributed by atoms with van der Waals surface area (Å²) >= 11 is 0. The highest BCUT2D eigenvalue weighted by atomic mass is 16.5. The van der Waals surface area contributed by atoms with Crippen molar-refractivity contribution in [2.75, 3.05) is 23.8 Å². The molecule has 0 aliphatic heterocycles. The van der Waals surface area contributed by atoms with E-state index in [-0.39, 0.29) is 24.0 Å². The molecule has 2 rings (SSSR count). The fraction of sp³-hybridized carbons (Fsp3) is 0.375. The number of carbonyl (C=O) groups excluding carboxylic acids is 3. The Labute approximate surface area is 183 Å². The van der Waals surface area contributed by atoms with Crippen LogP contribution in [-0.4, -0.2) is 31.2 Å². The number of rotatable bonds is 8. The Hall–Kier alpha value is -3.35. The number of anilines is 2. The molecule has 2 aromatic carbocycles. The van der Waals surface area contributed by atoms with Crippen LogP contribution in [0.2, 0.25) is 0 Å². The zero-order chi connectivity index (χ0) is 23.0. The number of nitrogens with one attached hydrogen (secondary N) is 2. The fourth-order valence-electron chi connectivity index (χ4n) is 3.06. The summed E-state index contributed by atoms with van der Waals surface area (Å²) in [6, 6.07) is 12.1. The quantitative estimate of drug-likeness (QED) is 0.559. The van der Waals surface area contributed by atoms with Crippen LogP contribution in [0.15, 0.2) is 42.5 Å². The Bertz CT molecular complexity index is 894. The van der Waals surface area contributed by atoms with Crippen molar-refractivity contribution < 1.29 is 23.9 Å². The van der Waals surface area contributed by atoms with Crippen LogP contribution in [0.3, 0.4) is 0 Å². The molecule has 7 heteroatoms. The van der Waals surface area contributed by atoms with Crippen LogP contribution in [0, 0.1) is 0 Å². The number of carbonyl (C=O) groups is 3. The van der Waals surface area contributed by atoms with Gasteiger partial charge in [-0.2, -0.15) is 0 Å². The van der Waals surface area contributed by atoms with Gasteiger partial charge in [0.1, 0.15) is 0 Å². The lowest BCUT2D eigenvalue weighted by Gasteiger charge is -2.20. The average Bonchev–Trinajstić information content (AvgIpc) is 2.72. The standard InChI is InChI=1S/C24H30N2O5/c1-6-30-24(29)25-18-12-10-17(11-13-18)23(28)31-14-21(27)26-22-19(15(2)3)8-7-9-20(22)16(4)5/h7-13,15-16H,6,14H2,1-5H3,(H,25,29)(H,26,27). The molecule has 0 saturated heterocycles. The van der Waals surface area contributed by atoms with Gasteiger partial charge < -0.3 is 14.8 Å². The largest absolute Gasteiger partial charge is 0.452 e. The minimum atomic E-state index is -0.626. The van der Waals surface area contributed by atoms with Gasteiger partial charge >= 0.3 is 12.1 Å². The van der Waals surface area contributed by atoms with Gasteiger partial charge in [0.05, 0.1) is 12.2 Å². The van der Waals surface area contributed by atoms with E-state index in [4.69, 9.17) is 9.47 Å². The van der Waals surface area contributed by atoms with Crippen molar-refractivity contribution in [3.63, 3.8) is 0 Å². The van der Waals surface area contributed by atoms with E-state index in [1.165, 1.54) is 12.1 Å². The highest BCUT2D eigenvalue weighted by Gasteiger charge is 2.17. The third kappa shape index (κ3) is 6.84. The molecule has 166 valence electrons. The van der Waals surface area contributed by atoms with E-state index < -0.39 is 24.6 Å². The smallest absolute Gasteiger partial charge is 0.411 e. The van der Waals surface area contributed by atoms with Crippen molar-refractivity contribution in [2.45, 2.75) is 46.5 Å². The maximum absolute atomic E-state index is 12.5. The van der Waals surface area contributed by atoms with E-state index in [1.54, 1.807) is 19.1 Å². The minimum Gasteiger partial charge on any atom is -0.452 e. The van der Waals surface area contributed by atoms with Crippen molar-refractivity contribution in [1.82, 2.24) is 0 Å². The summed E-state index contributed by atoms with van der Waals surface area (Å²) in [4.78, 5) is 36.2. The monoisotopic (exact) mass is 426 g/mol. The lowest BCUT2D eigenvalue weighted by atomic mass is 9.92. The van der Waals surface area contributed by atoms with Crippen molar-refractivity contribution in [2.24, 2.45) is 0 Å². The second kappa shape index (κ2) is 11.2. The molecule has 0 aliphatic rings. The normalized spacial score (nSPS) is 10.7. The first kappa shape index (κ1) is 23.9. The minimum absolute atomic E-state index is 0.235. The number of hydrogen-bond acceptors (Lipinski definition) is 5. The van der Waals surface area contributed by atoms with Gasteiger partial charge in [-0.25, -0.2) is 9.59 Å². The summed E-state index contributed by atoms with van der Waals surface area (Å²) in [6.45, 7) is 9.83. The summed E-state index contributed by atoms with van der Waals surface area (Å²) in [6.07, 6.45) is -0.572. The van der Waals surface area contributed by atoms with Crippen LogP contribution in [0.1, 0.15) is 67.9 Å². The van der Waals surface area contributed by atoms with Gasteiger partial charge in [-0.05, 0) is 54.2 Å². The van der Waals surface area contributed by atoms with Gasteiger partial charge in [0, 0.05) is 11.4 Å². The van der Waals surface area contributed by atoms with Crippen LogP contribution in [0.4, 0.5) is 16.2 Å². The Morgan fingerprint density at radius 1 is 0.839 bits per heavy atom. The highest BCUT2D eigenvalue weighted by molar-refractivity contribution is 5.97. The van der Waals surface area contributed by atoms with E-state index >= 15 is 0 Å². The number of amides is 2. The molecule has 0 bridgehead atoms. The van der Waals surface area contributed by atoms with Crippen molar-refractivity contribution in [1.29, 1.82) is 0 Å². The second-order valence-electron chi connectivity index (χ2n) is 7.67. The Morgan fingerprint density at radius 2 is 1.42 bits per heavy atom. The lowest BCUT2D eigenvalue weighted by molar-refractivity contribution is -0.119. The van der Waals surface area contributed by atoms with Crippen LogP contribution < -0.4 is 10.6 Å². The topological polar surface area (TPSA) is 93.7 Å². The van der Waals surface area contributed by atoms with E-state index in [2.05, 4.69) is 38.3 Å². The van der Waals surface area contributed by atoms with Crippen molar-refractivity contribution in [3.05, 3.63) is 59.2 Å². The molecule has 0 unspecified atom stereocenters. The summed E-state index contributed by atoms with van der Waals surface area (Å²) < 4.78 is 9.96. The van der Waals surface area contributed by atoms with Gasteiger partial charge in [-0.15, -0.1) is 0 Å². The molecule has 0 spiro atoms. The zero-order valence-corrected chi connectivity index (χ0v) is 18.7. The second-order valence-corrected chi connectivity index (χ2v) is 7.67. The van der Waals surface area contributed by atoms with Gasteiger partial charge in [-0.1, -0.05) is 45.9 Å². The third-order valence-corrected chi connectivity index (χ3v) is 4.61. The van der Waals surface area contributed by atoms with E-state index in [0.717, 1.165) is 16.8 Å². The van der Waals surface area contributed by atoms with Crippen LogP contribution in [0.5, 0.6) is 0 Å². The molecule has 7 nitrogen and oxygen atoms in total. The Morgan fingerprint density at radius 3 is 1.94 bits per heavy atom. The number of benzene rings is 2. The molecule has 2 aromatic rings. The SMILES string of the molecule is CCOC(=O)Nc1ccc(C(=O)OCC(=O)Nc2c(C(C)C)cccc2C(C)C)cc1. The third-order valence-electron chi connectivity index (χ3n) is 4.61. The molecule has 31 heavy (non-hydrogen) atoms. The summed E-state index contributed by atoms with van der Waals surface area (Å²) in [5.74, 6) is -0.556. The molecular weight excluding hydrogens is 396 g/mol. The van der Waals surface area contributed by atoms with E-state index in [1.807, 2.05) is 18.2 Å². The molecular formula is C24H30N2O5. The predicted molar refractivity (Wildman–Crippen MR) is 121 cm³/mol. The number of esters is 1. The number of para-hydroxylation sites is 1. The fourth-order valence-corrected chi connectivity index (χ4v) is 3.06. The van der Waals surface area contributed by atoms with Crippen molar-refractivity contribution >= 4 is 29.3 Å². The molecule has 2 N–H and O–H groups in total. The molecule has 0 atom stereocenters. The summed E-state index contributed by atoms with van der Waals surface area (Å²) in [5.41, 5.74) is 3.61. The highest BCUT2D eigenvalue weighted by Crippen LogP contribution is 2.32. The number of hydrogen-bond donors (Lipinski definition) is 2. The van der Waals surface area contributed by atoms with Crippen LogP contribution in [0.25, 0.3) is 0 Å². The van der Waals surface area contributed by atoms with Crippen molar-refractivity contribution in [3.8, 4) is 0 Å². The molecule has 0 aromatic heterocycles. The summed E-state index contributed by atoms with van der Waals surface area (Å²) in [5, 5.41) is 5.45. The summed E-state index contributed by atoms with van der Waals surface area (Å²) in [7, 11) is 0. The Balaban J connectivity index is 1.99. The molecule has 0 aliphatic carbocycles. The van der Waals surface area contributed by atoms with Gasteiger partial charge in [-0.3, -0.25) is 10.1 Å². The zero-order valence-electron chi connectivity index (χ0n) is 18.7.